The molecule has 0 heterocycles. The average Bonchev–Trinajstić information content (AvgIpc) is 2.44. The molecule has 0 amide bonds. The first-order valence-corrected chi connectivity index (χ1v) is 8.64. The van der Waals surface area contributed by atoms with E-state index in [0.29, 0.717) is 24.5 Å². The molecule has 1 aromatic rings. The van der Waals surface area contributed by atoms with Gasteiger partial charge in [0.1, 0.15) is 0 Å². The highest BCUT2D eigenvalue weighted by Gasteiger charge is 2.21. The van der Waals surface area contributed by atoms with Crippen molar-refractivity contribution in [3.63, 3.8) is 0 Å². The van der Waals surface area contributed by atoms with E-state index in [1.54, 1.807) is 19.2 Å². The first-order chi connectivity index (χ1) is 9.82. The maximum absolute atomic E-state index is 12.6. The predicted molar refractivity (Wildman–Crippen MR) is 87.0 cm³/mol. The fraction of sp³-hybridized carbons (Fsp3) is 0.600. The molecule has 0 aliphatic heterocycles. The lowest BCUT2D eigenvalue weighted by atomic mass is 10.1. The van der Waals surface area contributed by atoms with Gasteiger partial charge in [-0.25, -0.2) is 8.42 Å². The van der Waals surface area contributed by atoms with Crippen molar-refractivity contribution in [2.75, 3.05) is 41.3 Å². The summed E-state index contributed by atoms with van der Waals surface area (Å²) in [6.07, 6.45) is 0.897. The average molecular weight is 313 g/mol. The molecule has 0 atom stereocenters. The van der Waals surface area contributed by atoms with Gasteiger partial charge in [0.2, 0.25) is 10.0 Å². The summed E-state index contributed by atoms with van der Waals surface area (Å²) >= 11 is 0. The molecule has 0 spiro atoms. The van der Waals surface area contributed by atoms with Crippen LogP contribution in [0.5, 0.6) is 0 Å². The van der Waals surface area contributed by atoms with E-state index in [0.717, 1.165) is 12.0 Å². The highest BCUT2D eigenvalue weighted by Crippen LogP contribution is 2.19. The van der Waals surface area contributed by atoms with Crippen LogP contribution < -0.4 is 5.32 Å². The van der Waals surface area contributed by atoms with Crippen molar-refractivity contribution in [1.29, 1.82) is 0 Å². The Kier molecular flexibility index (Phi) is 6.80. The Morgan fingerprint density at radius 1 is 1.10 bits per heavy atom. The molecule has 1 N–H and O–H groups in total. The number of hydrogen-bond donors (Lipinski definition) is 1. The summed E-state index contributed by atoms with van der Waals surface area (Å²) in [6.45, 7) is 3.93. The van der Waals surface area contributed by atoms with Crippen LogP contribution in [0.25, 0.3) is 0 Å². The Balaban J connectivity index is 3.05. The fourth-order valence-corrected chi connectivity index (χ4v) is 3.32. The predicted octanol–water partition coefficient (Wildman–Crippen LogP) is 1.15. The van der Waals surface area contributed by atoms with E-state index in [2.05, 4.69) is 12.2 Å². The molecule has 5 nitrogen and oxygen atoms in total. The lowest BCUT2D eigenvalue weighted by Crippen LogP contribution is -2.33. The number of rotatable bonds is 8. The van der Waals surface area contributed by atoms with Gasteiger partial charge < -0.3 is 10.2 Å². The molecule has 1 aromatic carbocycles. The number of sulfonamides is 1. The van der Waals surface area contributed by atoms with E-state index < -0.39 is 10.0 Å². The molecule has 0 aromatic heterocycles. The van der Waals surface area contributed by atoms with Crippen molar-refractivity contribution in [3.8, 4) is 0 Å². The second-order valence-corrected chi connectivity index (χ2v) is 7.49. The quantitative estimate of drug-likeness (QED) is 0.782. The van der Waals surface area contributed by atoms with Crippen molar-refractivity contribution >= 4 is 10.0 Å². The van der Waals surface area contributed by atoms with Crippen LogP contribution in [0.1, 0.15) is 18.1 Å². The van der Waals surface area contributed by atoms with Gasteiger partial charge >= 0.3 is 0 Å². The van der Waals surface area contributed by atoms with Crippen LogP contribution in [0.4, 0.5) is 0 Å². The zero-order valence-corrected chi connectivity index (χ0v) is 14.5. The highest BCUT2D eigenvalue weighted by atomic mass is 32.2. The topological polar surface area (TPSA) is 52.7 Å². The number of benzene rings is 1. The van der Waals surface area contributed by atoms with Crippen LogP contribution in [-0.4, -0.2) is 58.9 Å². The molecular formula is C15H27N3O2S. The van der Waals surface area contributed by atoms with Gasteiger partial charge in [0.25, 0.3) is 0 Å². The second-order valence-electron chi connectivity index (χ2n) is 5.44. The van der Waals surface area contributed by atoms with Gasteiger partial charge in [-0.05, 0) is 50.8 Å². The van der Waals surface area contributed by atoms with Crippen LogP contribution >= 0.6 is 0 Å². The molecule has 6 heteroatoms. The van der Waals surface area contributed by atoms with Gasteiger partial charge in [-0.3, -0.25) is 0 Å². The molecule has 0 aliphatic rings. The van der Waals surface area contributed by atoms with Gasteiger partial charge in [-0.2, -0.15) is 4.31 Å². The maximum atomic E-state index is 12.6. The molecule has 0 aliphatic carbocycles. The first-order valence-electron chi connectivity index (χ1n) is 7.20. The Bertz CT molecular complexity index is 556. The minimum absolute atomic E-state index is 0.367. The standard InChI is InChI=1S/C15H27N3O2S/c1-6-13-7-8-15(11-14(13)12-16-2)21(19,20)18(5)10-9-17(3)4/h7-8,11,16H,6,9-10,12H2,1-5H3. The first kappa shape index (κ1) is 18.1. The number of hydrogen-bond acceptors (Lipinski definition) is 4. The third kappa shape index (κ3) is 4.78. The summed E-state index contributed by atoms with van der Waals surface area (Å²) in [5, 5.41) is 3.09. The van der Waals surface area contributed by atoms with E-state index in [-0.39, 0.29) is 0 Å². The van der Waals surface area contributed by atoms with Crippen LogP contribution in [-0.2, 0) is 23.0 Å². The molecule has 0 bridgehead atoms. The number of aryl methyl sites for hydroxylation is 1. The van der Waals surface area contributed by atoms with Crippen molar-refractivity contribution in [3.05, 3.63) is 29.3 Å². The van der Waals surface area contributed by atoms with Crippen LogP contribution in [0.3, 0.4) is 0 Å². The van der Waals surface area contributed by atoms with E-state index in [9.17, 15) is 8.42 Å². The molecule has 120 valence electrons. The molecule has 0 radical (unpaired) electrons. The number of nitrogens with zero attached hydrogens (tertiary/aromatic N) is 2. The van der Waals surface area contributed by atoms with Gasteiger partial charge in [0, 0.05) is 26.7 Å². The van der Waals surface area contributed by atoms with Crippen molar-refractivity contribution in [2.24, 2.45) is 0 Å². The van der Waals surface area contributed by atoms with Gasteiger partial charge in [-0.1, -0.05) is 13.0 Å². The third-order valence-electron chi connectivity index (χ3n) is 3.50. The van der Waals surface area contributed by atoms with Crippen molar-refractivity contribution in [1.82, 2.24) is 14.5 Å². The molecule has 0 saturated heterocycles. The summed E-state index contributed by atoms with van der Waals surface area (Å²) in [7, 11) is 3.94. The van der Waals surface area contributed by atoms with E-state index in [1.807, 2.05) is 32.1 Å². The van der Waals surface area contributed by atoms with Gasteiger partial charge in [0.15, 0.2) is 0 Å². The zero-order chi connectivity index (χ0) is 16.0. The van der Waals surface area contributed by atoms with Crippen molar-refractivity contribution in [2.45, 2.75) is 24.8 Å². The Morgan fingerprint density at radius 2 is 1.76 bits per heavy atom. The summed E-state index contributed by atoms with van der Waals surface area (Å²) in [5.74, 6) is 0. The second kappa shape index (κ2) is 7.89. The molecule has 0 unspecified atom stereocenters. The Morgan fingerprint density at radius 3 is 2.29 bits per heavy atom. The summed E-state index contributed by atoms with van der Waals surface area (Å²) in [6, 6.07) is 5.41. The lowest BCUT2D eigenvalue weighted by molar-refractivity contribution is 0.358. The highest BCUT2D eigenvalue weighted by molar-refractivity contribution is 7.89. The minimum atomic E-state index is -3.42. The SMILES string of the molecule is CCc1ccc(S(=O)(=O)N(C)CCN(C)C)cc1CNC. The van der Waals surface area contributed by atoms with Gasteiger partial charge in [-0.15, -0.1) is 0 Å². The summed E-state index contributed by atoms with van der Waals surface area (Å²) in [5.41, 5.74) is 2.22. The van der Waals surface area contributed by atoms with E-state index in [4.69, 9.17) is 0 Å². The monoisotopic (exact) mass is 313 g/mol. The van der Waals surface area contributed by atoms with Crippen LogP contribution in [0, 0.1) is 0 Å². The minimum Gasteiger partial charge on any atom is -0.316 e. The van der Waals surface area contributed by atoms with Gasteiger partial charge in [0.05, 0.1) is 4.90 Å². The third-order valence-corrected chi connectivity index (χ3v) is 5.35. The smallest absolute Gasteiger partial charge is 0.242 e. The van der Waals surface area contributed by atoms with Crippen LogP contribution in [0.15, 0.2) is 23.1 Å². The number of nitrogens with one attached hydrogen (secondary N) is 1. The molecule has 0 fully saturated rings. The molecular weight excluding hydrogens is 286 g/mol. The fourth-order valence-electron chi connectivity index (χ4n) is 2.10. The Labute approximate surface area is 129 Å². The largest absolute Gasteiger partial charge is 0.316 e. The van der Waals surface area contributed by atoms with Crippen molar-refractivity contribution < 1.29 is 8.42 Å². The maximum Gasteiger partial charge on any atom is 0.242 e. The lowest BCUT2D eigenvalue weighted by Gasteiger charge is -2.20. The van der Waals surface area contributed by atoms with E-state index in [1.165, 1.54) is 9.87 Å². The zero-order valence-electron chi connectivity index (χ0n) is 13.7. The summed E-state index contributed by atoms with van der Waals surface area (Å²) < 4.78 is 26.6. The van der Waals surface area contributed by atoms with Crippen LogP contribution in [0.2, 0.25) is 0 Å². The number of likely N-dealkylation sites (N-methyl/N-ethyl adjacent to an activating group) is 2. The molecule has 0 saturated carbocycles. The normalized spacial score (nSPS) is 12.3. The summed E-state index contributed by atoms with van der Waals surface area (Å²) in [4.78, 5) is 2.34. The Hall–Kier alpha value is -0.950. The molecule has 1 rings (SSSR count). The van der Waals surface area contributed by atoms with E-state index >= 15 is 0 Å². The molecule has 21 heavy (non-hydrogen) atoms.